The Hall–Kier alpha value is -2.29. The molecule has 2 rings (SSSR count). The van der Waals surface area contributed by atoms with Crippen molar-refractivity contribution in [3.63, 3.8) is 0 Å². The molecule has 2 aromatic rings. The maximum atomic E-state index is 12.2. The van der Waals surface area contributed by atoms with Crippen LogP contribution in [0.3, 0.4) is 0 Å². The van der Waals surface area contributed by atoms with E-state index in [0.29, 0.717) is 29.6 Å². The number of carbonyl (C=O) groups is 1. The molecule has 0 aliphatic rings. The Bertz CT molecular complexity index is 805. The van der Waals surface area contributed by atoms with E-state index in [2.05, 4.69) is 45.1 Å². The van der Waals surface area contributed by atoms with Crippen molar-refractivity contribution < 1.29 is 4.79 Å². The third kappa shape index (κ3) is 6.40. The number of nitrogens with one attached hydrogen (secondary N) is 3. The Morgan fingerprint density at radius 2 is 2.07 bits per heavy atom. The van der Waals surface area contributed by atoms with Gasteiger partial charge in [-0.3, -0.25) is 15.6 Å². The lowest BCUT2D eigenvalue weighted by atomic mass is 10.0. The van der Waals surface area contributed by atoms with Crippen LogP contribution in [0.25, 0.3) is 5.78 Å². The van der Waals surface area contributed by atoms with Crippen LogP contribution in [-0.2, 0) is 11.2 Å². The average molecular weight is 406 g/mol. The van der Waals surface area contributed by atoms with E-state index >= 15 is 0 Å². The summed E-state index contributed by atoms with van der Waals surface area (Å²) in [6.45, 7) is 9.09. The zero-order valence-electron chi connectivity index (χ0n) is 17.2. The number of hydrogen-bond acceptors (Lipinski definition) is 5. The zero-order valence-corrected chi connectivity index (χ0v) is 18.0. The van der Waals surface area contributed by atoms with E-state index in [9.17, 15) is 4.79 Å². The Morgan fingerprint density at radius 3 is 2.82 bits per heavy atom. The molecule has 0 aliphatic carbocycles. The topological polar surface area (TPSA) is 96.2 Å². The molecule has 0 radical (unpaired) electrons. The van der Waals surface area contributed by atoms with Crippen LogP contribution in [0.1, 0.15) is 62.9 Å². The third-order valence-electron chi connectivity index (χ3n) is 4.82. The number of hydrogen-bond donors (Lipinski definition) is 3. The molecule has 0 aliphatic heterocycles. The lowest BCUT2D eigenvalue weighted by molar-refractivity contribution is -0.121. The van der Waals surface area contributed by atoms with Gasteiger partial charge >= 0.3 is 0 Å². The van der Waals surface area contributed by atoms with Crippen molar-refractivity contribution >= 4 is 29.0 Å². The average Bonchev–Trinajstić information content (AvgIpc) is 3.13. The van der Waals surface area contributed by atoms with Gasteiger partial charge in [0, 0.05) is 24.4 Å². The van der Waals surface area contributed by atoms with Gasteiger partial charge in [0.1, 0.15) is 6.33 Å². The highest BCUT2D eigenvalue weighted by molar-refractivity contribution is 7.80. The smallest absolute Gasteiger partial charge is 0.252 e. The first-order chi connectivity index (χ1) is 13.4. The molecular weight excluding hydrogens is 374 g/mol. The van der Waals surface area contributed by atoms with Gasteiger partial charge in [-0.15, -0.1) is 0 Å². The number of carbonyl (C=O) groups excluding carboxylic acids is 1. The first kappa shape index (κ1) is 22.0. The summed E-state index contributed by atoms with van der Waals surface area (Å²) in [5, 5.41) is 7.76. The lowest BCUT2D eigenvalue weighted by Crippen LogP contribution is -2.47. The molecule has 2 aromatic heterocycles. The standard InChI is InChI=1S/C19H31N7OS/c1-5-6-7-8-13(2)11-20-19(28)25-24-17(27)10-9-16-14(3)23-18-21-12-22-26(18)15(16)4/h12-13H,5-11H2,1-4H3,(H,24,27)(H2,20,25,28)/t13-/m1/s1. The van der Waals surface area contributed by atoms with Gasteiger partial charge in [-0.1, -0.05) is 33.1 Å². The molecule has 0 spiro atoms. The number of rotatable bonds is 9. The fourth-order valence-electron chi connectivity index (χ4n) is 3.10. The Labute approximate surface area is 171 Å². The van der Waals surface area contributed by atoms with E-state index in [0.717, 1.165) is 23.5 Å². The fraction of sp³-hybridized carbons (Fsp3) is 0.632. The molecule has 9 heteroatoms. The minimum Gasteiger partial charge on any atom is -0.361 e. The van der Waals surface area contributed by atoms with Gasteiger partial charge in [0.05, 0.1) is 0 Å². The number of thiocarbonyl (C=S) groups is 1. The van der Waals surface area contributed by atoms with Gasteiger partial charge in [-0.25, -0.2) is 9.50 Å². The van der Waals surface area contributed by atoms with E-state index in [1.807, 2.05) is 13.8 Å². The van der Waals surface area contributed by atoms with Crippen LogP contribution in [-0.4, -0.2) is 37.1 Å². The summed E-state index contributed by atoms with van der Waals surface area (Å²) in [5.74, 6) is 0.995. The number of hydrazine groups is 1. The quantitative estimate of drug-likeness (QED) is 0.335. The predicted octanol–water partition coefficient (Wildman–Crippen LogP) is 2.39. The number of amides is 1. The van der Waals surface area contributed by atoms with Crippen LogP contribution in [0.2, 0.25) is 0 Å². The number of aromatic nitrogens is 4. The molecule has 0 aromatic carbocycles. The van der Waals surface area contributed by atoms with Crippen molar-refractivity contribution in [3.05, 3.63) is 23.3 Å². The highest BCUT2D eigenvalue weighted by Gasteiger charge is 2.12. The number of nitrogens with zero attached hydrogens (tertiary/aromatic N) is 4. The monoisotopic (exact) mass is 405 g/mol. The van der Waals surface area contributed by atoms with Crippen LogP contribution in [0.5, 0.6) is 0 Å². The van der Waals surface area contributed by atoms with Crippen molar-refractivity contribution in [2.75, 3.05) is 6.54 Å². The molecule has 1 atom stereocenters. The summed E-state index contributed by atoms with van der Waals surface area (Å²) in [5.41, 5.74) is 8.26. The highest BCUT2D eigenvalue weighted by atomic mass is 32.1. The molecular formula is C19H31N7OS. The molecule has 0 unspecified atom stereocenters. The van der Waals surface area contributed by atoms with Gasteiger partial charge < -0.3 is 5.32 Å². The summed E-state index contributed by atoms with van der Waals surface area (Å²) in [7, 11) is 0. The molecule has 0 saturated heterocycles. The van der Waals surface area contributed by atoms with Crippen LogP contribution >= 0.6 is 12.2 Å². The highest BCUT2D eigenvalue weighted by Crippen LogP contribution is 2.14. The largest absolute Gasteiger partial charge is 0.361 e. The number of fused-ring (bicyclic) bond motifs is 1. The Kier molecular flexibility index (Phi) is 8.56. The predicted molar refractivity (Wildman–Crippen MR) is 114 cm³/mol. The first-order valence-electron chi connectivity index (χ1n) is 9.90. The zero-order chi connectivity index (χ0) is 20.5. The molecule has 8 nitrogen and oxygen atoms in total. The molecule has 28 heavy (non-hydrogen) atoms. The van der Waals surface area contributed by atoms with E-state index in [1.165, 1.54) is 32.0 Å². The van der Waals surface area contributed by atoms with Crippen molar-refractivity contribution in [1.82, 2.24) is 35.8 Å². The summed E-state index contributed by atoms with van der Waals surface area (Å²) < 4.78 is 1.69. The molecule has 1 amide bonds. The first-order valence-corrected chi connectivity index (χ1v) is 10.3. The molecule has 0 fully saturated rings. The minimum atomic E-state index is -0.127. The number of unbranched alkanes of at least 4 members (excludes halogenated alkanes) is 2. The molecule has 0 saturated carbocycles. The van der Waals surface area contributed by atoms with Crippen LogP contribution in [0, 0.1) is 19.8 Å². The minimum absolute atomic E-state index is 0.127. The van der Waals surface area contributed by atoms with Crippen molar-refractivity contribution in [3.8, 4) is 0 Å². The SMILES string of the molecule is CCCCC[C@@H](C)CNC(=S)NNC(=O)CCc1c(C)nc2ncnn2c1C. The Morgan fingerprint density at radius 1 is 1.29 bits per heavy atom. The van der Waals surface area contributed by atoms with E-state index in [1.54, 1.807) is 4.52 Å². The van der Waals surface area contributed by atoms with Crippen molar-refractivity contribution in [1.29, 1.82) is 0 Å². The second kappa shape index (κ2) is 10.9. The lowest BCUT2D eigenvalue weighted by Gasteiger charge is -2.15. The normalized spacial score (nSPS) is 12.0. The fourth-order valence-corrected chi connectivity index (χ4v) is 3.24. The van der Waals surface area contributed by atoms with Gasteiger partial charge in [-0.05, 0) is 50.4 Å². The van der Waals surface area contributed by atoms with E-state index < -0.39 is 0 Å². The van der Waals surface area contributed by atoms with Gasteiger partial charge in [0.2, 0.25) is 5.91 Å². The second-order valence-corrected chi connectivity index (χ2v) is 7.63. The summed E-state index contributed by atoms with van der Waals surface area (Å²) in [4.78, 5) is 20.7. The second-order valence-electron chi connectivity index (χ2n) is 7.22. The van der Waals surface area contributed by atoms with Crippen LogP contribution < -0.4 is 16.2 Å². The van der Waals surface area contributed by atoms with Gasteiger partial charge in [0.15, 0.2) is 5.11 Å². The van der Waals surface area contributed by atoms with Crippen molar-refractivity contribution in [2.24, 2.45) is 5.92 Å². The van der Waals surface area contributed by atoms with Crippen molar-refractivity contribution in [2.45, 2.75) is 66.2 Å². The molecule has 154 valence electrons. The Balaban J connectivity index is 1.72. The number of aryl methyl sites for hydroxylation is 2. The summed E-state index contributed by atoms with van der Waals surface area (Å²) in [6, 6.07) is 0. The third-order valence-corrected chi connectivity index (χ3v) is 5.06. The molecule has 2 heterocycles. The maximum absolute atomic E-state index is 12.2. The van der Waals surface area contributed by atoms with Gasteiger partial charge in [0.25, 0.3) is 5.78 Å². The molecule has 3 N–H and O–H groups in total. The van der Waals surface area contributed by atoms with Crippen LogP contribution in [0.15, 0.2) is 6.33 Å². The molecule has 0 bridgehead atoms. The summed E-state index contributed by atoms with van der Waals surface area (Å²) in [6.07, 6.45) is 7.29. The summed E-state index contributed by atoms with van der Waals surface area (Å²) >= 11 is 5.22. The van der Waals surface area contributed by atoms with E-state index in [4.69, 9.17) is 12.2 Å². The van der Waals surface area contributed by atoms with E-state index in [-0.39, 0.29) is 5.91 Å². The maximum Gasteiger partial charge on any atom is 0.252 e. The van der Waals surface area contributed by atoms with Crippen LogP contribution in [0.4, 0.5) is 0 Å². The van der Waals surface area contributed by atoms with Gasteiger partial charge in [-0.2, -0.15) is 10.1 Å².